The van der Waals surface area contributed by atoms with Crippen LogP contribution in [0.15, 0.2) is 49.2 Å². The lowest BCUT2D eigenvalue weighted by molar-refractivity contribution is 0.0166. The molecule has 1 aliphatic rings. The van der Waals surface area contributed by atoms with Crippen LogP contribution in [0.3, 0.4) is 0 Å². The van der Waals surface area contributed by atoms with Gasteiger partial charge in [0.05, 0.1) is 0 Å². The summed E-state index contributed by atoms with van der Waals surface area (Å²) >= 11 is 0. The number of piperazine rings is 1. The zero-order valence-electron chi connectivity index (χ0n) is 15.7. The van der Waals surface area contributed by atoms with Gasteiger partial charge >= 0.3 is 6.09 Å². The van der Waals surface area contributed by atoms with Crippen LogP contribution in [0, 0.1) is 5.92 Å². The third-order valence-electron chi connectivity index (χ3n) is 4.04. The van der Waals surface area contributed by atoms with Crippen LogP contribution in [0.4, 0.5) is 4.79 Å². The summed E-state index contributed by atoms with van der Waals surface area (Å²) in [5.41, 5.74) is 1.81. The molecule has 1 rings (SSSR count). The van der Waals surface area contributed by atoms with Gasteiger partial charge in [-0.25, -0.2) is 4.79 Å². The van der Waals surface area contributed by atoms with Gasteiger partial charge in [-0.15, -0.1) is 0 Å². The van der Waals surface area contributed by atoms with Crippen LogP contribution in [-0.2, 0) is 4.74 Å². The predicted molar refractivity (Wildman–Crippen MR) is 101 cm³/mol. The van der Waals surface area contributed by atoms with Crippen molar-refractivity contribution in [1.82, 2.24) is 9.80 Å². The molecule has 0 saturated carbocycles. The van der Waals surface area contributed by atoms with E-state index >= 15 is 0 Å². The molecule has 0 aliphatic carbocycles. The smallest absolute Gasteiger partial charge is 0.410 e. The molecule has 0 aromatic carbocycles. The maximum Gasteiger partial charge on any atom is 0.410 e. The Labute approximate surface area is 147 Å². The molecule has 0 aromatic rings. The van der Waals surface area contributed by atoms with E-state index in [4.69, 9.17) is 4.74 Å². The average molecular weight is 332 g/mol. The molecule has 24 heavy (non-hydrogen) atoms. The molecule has 0 aromatic heterocycles. The molecule has 0 spiro atoms. The number of ether oxygens (including phenoxy) is 1. The number of carbonyl (C=O) groups excluding carboxylic acids is 1. The number of amides is 1. The summed E-state index contributed by atoms with van der Waals surface area (Å²) in [7, 11) is 0. The maximum atomic E-state index is 12.1. The maximum absolute atomic E-state index is 12.1. The van der Waals surface area contributed by atoms with E-state index in [1.807, 2.05) is 32.9 Å². The van der Waals surface area contributed by atoms with E-state index in [9.17, 15) is 4.79 Å². The van der Waals surface area contributed by atoms with Crippen molar-refractivity contribution in [3.8, 4) is 0 Å². The fraction of sp³-hybridized carbons (Fsp3) is 0.550. The van der Waals surface area contributed by atoms with E-state index in [1.165, 1.54) is 5.57 Å². The lowest BCUT2D eigenvalue weighted by Crippen LogP contribution is -2.49. The van der Waals surface area contributed by atoms with Crippen LogP contribution in [0.2, 0.25) is 0 Å². The van der Waals surface area contributed by atoms with Crippen molar-refractivity contribution < 1.29 is 9.53 Å². The van der Waals surface area contributed by atoms with Crippen molar-refractivity contribution in [3.63, 3.8) is 0 Å². The normalized spacial score (nSPS) is 17.2. The van der Waals surface area contributed by atoms with Crippen LogP contribution in [0.5, 0.6) is 0 Å². The first-order chi connectivity index (χ1) is 11.2. The molecule has 0 bridgehead atoms. The minimum atomic E-state index is -0.453. The molecule has 1 saturated heterocycles. The number of hydrogen-bond acceptors (Lipinski definition) is 3. The number of nitrogens with zero attached hydrogens (tertiary/aromatic N) is 2. The molecule has 0 N–H and O–H groups in total. The van der Waals surface area contributed by atoms with Gasteiger partial charge < -0.3 is 14.5 Å². The van der Waals surface area contributed by atoms with Gasteiger partial charge in [-0.2, -0.15) is 0 Å². The molecule has 1 fully saturated rings. The lowest BCUT2D eigenvalue weighted by atomic mass is 9.95. The number of rotatable bonds is 6. The SMILES string of the molecule is C=C/C=C(\C=C)C(C)CC(=C)N1CCN(C(=O)OC(C)(C)C)CC1. The number of allylic oxidation sites excluding steroid dienone is 5. The van der Waals surface area contributed by atoms with Crippen LogP contribution < -0.4 is 0 Å². The van der Waals surface area contributed by atoms with Gasteiger partial charge in [-0.1, -0.05) is 44.9 Å². The average Bonchev–Trinajstić information content (AvgIpc) is 2.50. The fourth-order valence-corrected chi connectivity index (χ4v) is 2.70. The minimum absolute atomic E-state index is 0.232. The van der Waals surface area contributed by atoms with Gasteiger partial charge in [0, 0.05) is 31.9 Å². The lowest BCUT2D eigenvalue weighted by Gasteiger charge is -2.38. The summed E-state index contributed by atoms with van der Waals surface area (Å²) in [6.07, 6.45) is 6.29. The molecular formula is C20H32N2O2. The van der Waals surface area contributed by atoms with Gasteiger partial charge in [-0.3, -0.25) is 0 Å². The van der Waals surface area contributed by atoms with Crippen molar-refractivity contribution in [1.29, 1.82) is 0 Å². The summed E-state index contributed by atoms with van der Waals surface area (Å²) in [6, 6.07) is 0. The Balaban J connectivity index is 2.51. The second-order valence-electron chi connectivity index (χ2n) is 7.23. The zero-order valence-corrected chi connectivity index (χ0v) is 15.7. The highest BCUT2D eigenvalue weighted by atomic mass is 16.6. The summed E-state index contributed by atoms with van der Waals surface area (Å²) in [5, 5.41) is 0. The topological polar surface area (TPSA) is 32.8 Å². The van der Waals surface area contributed by atoms with Crippen LogP contribution >= 0.6 is 0 Å². The summed E-state index contributed by atoms with van der Waals surface area (Å²) in [5.74, 6) is 0.344. The molecular weight excluding hydrogens is 300 g/mol. The van der Waals surface area contributed by atoms with Gasteiger partial charge in [0.25, 0.3) is 0 Å². The Morgan fingerprint density at radius 2 is 1.71 bits per heavy atom. The molecule has 1 amide bonds. The van der Waals surface area contributed by atoms with E-state index in [1.54, 1.807) is 11.0 Å². The molecule has 1 unspecified atom stereocenters. The zero-order chi connectivity index (χ0) is 18.3. The second-order valence-corrected chi connectivity index (χ2v) is 7.23. The molecule has 4 nitrogen and oxygen atoms in total. The van der Waals surface area contributed by atoms with Crippen molar-refractivity contribution >= 4 is 6.09 Å². The molecule has 1 atom stereocenters. The Morgan fingerprint density at radius 3 is 2.17 bits per heavy atom. The third kappa shape index (κ3) is 6.26. The summed E-state index contributed by atoms with van der Waals surface area (Å²) in [6.45, 7) is 22.6. The first kappa shape index (κ1) is 20.1. The largest absolute Gasteiger partial charge is 0.444 e. The third-order valence-corrected chi connectivity index (χ3v) is 4.04. The molecule has 1 heterocycles. The monoisotopic (exact) mass is 332 g/mol. The Kier molecular flexibility index (Phi) is 7.33. The Hall–Kier alpha value is -1.97. The second kappa shape index (κ2) is 8.76. The van der Waals surface area contributed by atoms with Gasteiger partial charge in [-0.05, 0) is 38.7 Å². The standard InChI is InChI=1S/C20H32N2O2/c1-8-10-18(9-2)16(3)15-17(4)21-11-13-22(14-12-21)19(23)24-20(5,6)7/h8-10,16H,1-2,4,11-15H2,3,5-7H3/b18-10+. The Bertz CT molecular complexity index is 506. The van der Waals surface area contributed by atoms with Crippen LogP contribution in [0.1, 0.15) is 34.1 Å². The highest BCUT2D eigenvalue weighted by molar-refractivity contribution is 5.68. The van der Waals surface area contributed by atoms with Crippen molar-refractivity contribution in [2.24, 2.45) is 5.92 Å². The fourth-order valence-electron chi connectivity index (χ4n) is 2.70. The highest BCUT2D eigenvalue weighted by Gasteiger charge is 2.26. The molecule has 134 valence electrons. The molecule has 1 aliphatic heterocycles. The highest BCUT2D eigenvalue weighted by Crippen LogP contribution is 2.23. The van der Waals surface area contributed by atoms with E-state index in [0.29, 0.717) is 19.0 Å². The van der Waals surface area contributed by atoms with Gasteiger partial charge in [0.2, 0.25) is 0 Å². The van der Waals surface area contributed by atoms with Crippen LogP contribution in [-0.4, -0.2) is 47.7 Å². The first-order valence-electron chi connectivity index (χ1n) is 8.53. The van der Waals surface area contributed by atoms with E-state index in [2.05, 4.69) is 31.6 Å². The van der Waals surface area contributed by atoms with Gasteiger partial charge in [0.15, 0.2) is 0 Å². The first-order valence-corrected chi connectivity index (χ1v) is 8.53. The molecule has 4 heteroatoms. The van der Waals surface area contributed by atoms with Gasteiger partial charge in [0.1, 0.15) is 5.60 Å². The minimum Gasteiger partial charge on any atom is -0.444 e. The predicted octanol–water partition coefficient (Wildman–Crippen LogP) is 4.38. The van der Waals surface area contributed by atoms with Crippen LogP contribution in [0.25, 0.3) is 0 Å². The van der Waals surface area contributed by atoms with Crippen molar-refractivity contribution in [3.05, 3.63) is 49.2 Å². The van der Waals surface area contributed by atoms with E-state index < -0.39 is 5.60 Å². The van der Waals surface area contributed by atoms with Crippen molar-refractivity contribution in [2.75, 3.05) is 26.2 Å². The Morgan fingerprint density at radius 1 is 1.17 bits per heavy atom. The molecule has 0 radical (unpaired) electrons. The number of hydrogen-bond donors (Lipinski definition) is 0. The summed E-state index contributed by atoms with van der Waals surface area (Å²) in [4.78, 5) is 16.1. The van der Waals surface area contributed by atoms with Crippen molar-refractivity contribution in [2.45, 2.75) is 39.7 Å². The number of carbonyl (C=O) groups is 1. The summed E-state index contributed by atoms with van der Waals surface area (Å²) < 4.78 is 5.43. The van der Waals surface area contributed by atoms with E-state index in [0.717, 1.165) is 25.2 Å². The quantitative estimate of drug-likeness (QED) is 0.677. The van der Waals surface area contributed by atoms with E-state index in [-0.39, 0.29) is 6.09 Å².